The minimum atomic E-state index is -0.787. The van der Waals surface area contributed by atoms with E-state index in [1.807, 2.05) is 18.7 Å². The van der Waals surface area contributed by atoms with Crippen molar-refractivity contribution >= 4 is 11.6 Å². The fourth-order valence-corrected chi connectivity index (χ4v) is 3.61. The highest BCUT2D eigenvalue weighted by molar-refractivity contribution is 5.94. The zero-order chi connectivity index (χ0) is 12.9. The number of piperidine rings is 1. The highest BCUT2D eigenvalue weighted by atomic mass is 16.7. The first-order valence-corrected chi connectivity index (χ1v) is 6.76. The molecule has 2 bridgehead atoms. The van der Waals surface area contributed by atoms with Crippen molar-refractivity contribution in [2.24, 2.45) is 22.7 Å². The Bertz CT molecular complexity index is 395. The quantitative estimate of drug-likeness (QED) is 0.747. The molecule has 0 radical (unpaired) electrons. The molecule has 3 rings (SSSR count). The molecule has 5 nitrogen and oxygen atoms in total. The molecule has 2 heterocycles. The van der Waals surface area contributed by atoms with Crippen molar-refractivity contribution in [3.8, 4) is 0 Å². The Labute approximate surface area is 107 Å². The maximum atomic E-state index is 12.6. The first kappa shape index (κ1) is 12.0. The van der Waals surface area contributed by atoms with E-state index in [9.17, 15) is 4.79 Å². The van der Waals surface area contributed by atoms with Gasteiger partial charge in [-0.05, 0) is 38.5 Å². The smallest absolute Gasteiger partial charge is 0.269 e. The number of likely N-dealkylation sites (tertiary alicyclic amines) is 1. The van der Waals surface area contributed by atoms with E-state index >= 15 is 0 Å². The number of oxime groups is 1. The molecule has 1 aliphatic carbocycles. The molecule has 2 aliphatic heterocycles. The Balaban J connectivity index is 1.71. The second kappa shape index (κ2) is 3.95. The van der Waals surface area contributed by atoms with Crippen LogP contribution in [0.5, 0.6) is 0 Å². The van der Waals surface area contributed by atoms with E-state index in [0.717, 1.165) is 31.6 Å². The van der Waals surface area contributed by atoms with Crippen LogP contribution < -0.4 is 5.73 Å². The Hall–Kier alpha value is -1.10. The summed E-state index contributed by atoms with van der Waals surface area (Å²) in [7, 11) is 0. The van der Waals surface area contributed by atoms with Crippen molar-refractivity contribution in [2.75, 3.05) is 13.1 Å². The van der Waals surface area contributed by atoms with Crippen LogP contribution in [0.15, 0.2) is 5.16 Å². The summed E-state index contributed by atoms with van der Waals surface area (Å²) in [6.45, 7) is 5.31. The highest BCUT2D eigenvalue weighted by Gasteiger charge is 2.48. The third-order valence-corrected chi connectivity index (χ3v) is 4.64. The van der Waals surface area contributed by atoms with Crippen LogP contribution in [0, 0.1) is 11.8 Å². The fraction of sp³-hybridized carbons (Fsp3) is 0.846. The molecule has 0 aromatic carbocycles. The van der Waals surface area contributed by atoms with Gasteiger partial charge in [-0.15, -0.1) is 0 Å². The molecule has 1 unspecified atom stereocenters. The molecule has 1 amide bonds. The van der Waals surface area contributed by atoms with Gasteiger partial charge in [-0.1, -0.05) is 5.16 Å². The number of amides is 1. The molecule has 2 N–H and O–H groups in total. The van der Waals surface area contributed by atoms with E-state index in [1.54, 1.807) is 0 Å². The van der Waals surface area contributed by atoms with Crippen LogP contribution in [0.25, 0.3) is 0 Å². The van der Waals surface area contributed by atoms with Gasteiger partial charge < -0.3 is 15.5 Å². The molecular weight excluding hydrogens is 230 g/mol. The summed E-state index contributed by atoms with van der Waals surface area (Å²) in [6, 6.07) is 0.282. The van der Waals surface area contributed by atoms with Gasteiger partial charge in [0.05, 0.1) is 5.71 Å². The third-order valence-electron chi connectivity index (χ3n) is 4.64. The summed E-state index contributed by atoms with van der Waals surface area (Å²) in [5, 5.41) is 3.92. The van der Waals surface area contributed by atoms with Crippen molar-refractivity contribution in [3.05, 3.63) is 0 Å². The molecule has 3 aliphatic rings. The normalized spacial score (nSPS) is 42.7. The number of nitrogens with zero attached hydrogens (tertiary/aromatic N) is 2. The predicted octanol–water partition coefficient (Wildman–Crippen LogP) is 0.737. The van der Waals surface area contributed by atoms with Crippen LogP contribution >= 0.6 is 0 Å². The first-order chi connectivity index (χ1) is 8.49. The SMILES string of the molecule is CC1=NO[C@@](C)(C(=O)N2C[C@H]3CC[C@@H](C2)C3N)C1. The average molecular weight is 251 g/mol. The summed E-state index contributed by atoms with van der Waals surface area (Å²) in [4.78, 5) is 19.9. The number of rotatable bonds is 1. The largest absolute Gasteiger partial charge is 0.379 e. The van der Waals surface area contributed by atoms with Crippen LogP contribution in [0.1, 0.15) is 33.1 Å². The zero-order valence-corrected chi connectivity index (χ0v) is 11.1. The summed E-state index contributed by atoms with van der Waals surface area (Å²) in [5.41, 5.74) is 6.27. The second-order valence-corrected chi connectivity index (χ2v) is 6.21. The maximum absolute atomic E-state index is 12.6. The topological polar surface area (TPSA) is 67.9 Å². The molecule has 5 heteroatoms. The van der Waals surface area contributed by atoms with Crippen LogP contribution in [-0.2, 0) is 9.63 Å². The molecule has 100 valence electrons. The molecule has 18 heavy (non-hydrogen) atoms. The van der Waals surface area contributed by atoms with E-state index in [2.05, 4.69) is 5.16 Å². The van der Waals surface area contributed by atoms with Gasteiger partial charge in [-0.25, -0.2) is 0 Å². The van der Waals surface area contributed by atoms with Crippen LogP contribution in [0.2, 0.25) is 0 Å². The lowest BCUT2D eigenvalue weighted by atomic mass is 9.90. The Morgan fingerprint density at radius 2 is 2.06 bits per heavy atom. The van der Waals surface area contributed by atoms with Crippen molar-refractivity contribution in [1.82, 2.24) is 4.90 Å². The van der Waals surface area contributed by atoms with Crippen LogP contribution in [0.4, 0.5) is 0 Å². The Morgan fingerprint density at radius 3 is 2.56 bits per heavy atom. The minimum Gasteiger partial charge on any atom is -0.379 e. The number of carbonyl (C=O) groups excluding carboxylic acids is 1. The Kier molecular flexibility index (Phi) is 2.62. The monoisotopic (exact) mass is 251 g/mol. The van der Waals surface area contributed by atoms with Crippen LogP contribution in [-0.4, -0.2) is 41.3 Å². The van der Waals surface area contributed by atoms with Gasteiger partial charge in [0.25, 0.3) is 5.91 Å². The molecule has 1 saturated heterocycles. The van der Waals surface area contributed by atoms with Gasteiger partial charge in [0, 0.05) is 25.6 Å². The first-order valence-electron chi connectivity index (χ1n) is 6.76. The van der Waals surface area contributed by atoms with Crippen LogP contribution in [0.3, 0.4) is 0 Å². The number of fused-ring (bicyclic) bond motifs is 2. The molecule has 1 saturated carbocycles. The molecule has 4 atom stereocenters. The minimum absolute atomic E-state index is 0.0758. The zero-order valence-electron chi connectivity index (χ0n) is 11.1. The summed E-state index contributed by atoms with van der Waals surface area (Å²) >= 11 is 0. The van der Waals surface area contributed by atoms with Gasteiger partial charge in [0.15, 0.2) is 0 Å². The van der Waals surface area contributed by atoms with Crippen molar-refractivity contribution in [1.29, 1.82) is 0 Å². The number of hydrogen-bond donors (Lipinski definition) is 1. The summed E-state index contributed by atoms with van der Waals surface area (Å²) in [5.74, 6) is 1.02. The van der Waals surface area contributed by atoms with E-state index in [1.165, 1.54) is 0 Å². The third kappa shape index (κ3) is 1.72. The Morgan fingerprint density at radius 1 is 1.44 bits per heavy atom. The lowest BCUT2D eigenvalue weighted by molar-refractivity contribution is -0.155. The second-order valence-electron chi connectivity index (χ2n) is 6.21. The maximum Gasteiger partial charge on any atom is 0.269 e. The number of nitrogens with two attached hydrogens (primary N) is 1. The van der Waals surface area contributed by atoms with E-state index in [0.29, 0.717) is 18.3 Å². The average Bonchev–Trinajstić information content (AvgIpc) is 2.76. The summed E-state index contributed by atoms with van der Waals surface area (Å²) < 4.78 is 0. The van der Waals surface area contributed by atoms with Crippen molar-refractivity contribution in [2.45, 2.75) is 44.8 Å². The lowest BCUT2D eigenvalue weighted by Crippen LogP contribution is -2.56. The molecule has 2 fully saturated rings. The van der Waals surface area contributed by atoms with Gasteiger partial charge in [-0.3, -0.25) is 4.79 Å². The fourth-order valence-electron chi connectivity index (χ4n) is 3.61. The van der Waals surface area contributed by atoms with E-state index in [-0.39, 0.29) is 11.9 Å². The predicted molar refractivity (Wildman–Crippen MR) is 68.0 cm³/mol. The van der Waals surface area contributed by atoms with Crippen molar-refractivity contribution in [3.63, 3.8) is 0 Å². The number of carbonyl (C=O) groups is 1. The van der Waals surface area contributed by atoms with Gasteiger partial charge in [0.2, 0.25) is 5.60 Å². The molecular formula is C13H21N3O2. The highest BCUT2D eigenvalue weighted by Crippen LogP contribution is 2.37. The van der Waals surface area contributed by atoms with Gasteiger partial charge >= 0.3 is 0 Å². The number of hydrogen-bond acceptors (Lipinski definition) is 4. The van der Waals surface area contributed by atoms with Gasteiger partial charge in [-0.2, -0.15) is 0 Å². The van der Waals surface area contributed by atoms with E-state index < -0.39 is 5.60 Å². The standard InChI is InChI=1S/C13H21N3O2/c1-8-5-13(2,18-15-8)12(17)16-6-9-3-4-10(7-16)11(9)14/h9-11H,3-7,14H2,1-2H3/t9-,10+,11?,13-/m1/s1. The molecule has 0 aromatic rings. The lowest BCUT2D eigenvalue weighted by Gasteiger charge is -2.38. The molecule has 0 aromatic heterocycles. The molecule has 0 spiro atoms. The van der Waals surface area contributed by atoms with Gasteiger partial charge in [0.1, 0.15) is 0 Å². The van der Waals surface area contributed by atoms with E-state index in [4.69, 9.17) is 10.6 Å². The van der Waals surface area contributed by atoms with Crippen molar-refractivity contribution < 1.29 is 9.63 Å². The summed E-state index contributed by atoms with van der Waals surface area (Å²) in [6.07, 6.45) is 2.91.